The van der Waals surface area contributed by atoms with Crippen molar-refractivity contribution in [2.45, 2.75) is 17.9 Å². The van der Waals surface area contributed by atoms with E-state index >= 15 is 0 Å². The Labute approximate surface area is 205 Å². The van der Waals surface area contributed by atoms with E-state index in [9.17, 15) is 18.0 Å². The molecule has 0 spiro atoms. The minimum Gasteiger partial charge on any atom is -0.443 e. The van der Waals surface area contributed by atoms with Crippen LogP contribution in [0.2, 0.25) is 0 Å². The van der Waals surface area contributed by atoms with Crippen LogP contribution in [-0.2, 0) is 19.6 Å². The number of ether oxygens (including phenoxy) is 1. The molecular weight excluding hydrogens is 472 g/mol. The van der Waals surface area contributed by atoms with Gasteiger partial charge in [0, 0.05) is 50.5 Å². The van der Waals surface area contributed by atoms with E-state index in [0.717, 1.165) is 0 Å². The van der Waals surface area contributed by atoms with Gasteiger partial charge in [0.25, 0.3) is 0 Å². The van der Waals surface area contributed by atoms with E-state index in [-0.39, 0.29) is 29.3 Å². The summed E-state index contributed by atoms with van der Waals surface area (Å²) >= 11 is 0. The number of benzene rings is 2. The van der Waals surface area contributed by atoms with Crippen molar-refractivity contribution in [3.8, 4) is 0 Å². The zero-order chi connectivity index (χ0) is 25.8. The molecule has 4 N–H and O–H groups in total. The van der Waals surface area contributed by atoms with E-state index in [2.05, 4.69) is 5.32 Å². The molecule has 1 fully saturated rings. The third kappa shape index (κ3) is 6.56. The Morgan fingerprint density at radius 2 is 1.77 bits per heavy atom. The smallest absolute Gasteiger partial charge is 0.414 e. The molecule has 2 amide bonds. The number of amidine groups is 1. The highest BCUT2D eigenvalue weighted by Gasteiger charge is 2.33. The molecule has 1 aliphatic rings. The van der Waals surface area contributed by atoms with Crippen molar-refractivity contribution >= 4 is 39.2 Å². The summed E-state index contributed by atoms with van der Waals surface area (Å²) in [5.41, 5.74) is 7.22. The van der Waals surface area contributed by atoms with Crippen LogP contribution >= 0.6 is 0 Å². The summed E-state index contributed by atoms with van der Waals surface area (Å²) in [5, 5.41) is 10.1. The van der Waals surface area contributed by atoms with E-state index in [0.29, 0.717) is 36.6 Å². The van der Waals surface area contributed by atoms with Gasteiger partial charge in [0.05, 0.1) is 11.4 Å². The molecule has 3 rings (SSSR count). The van der Waals surface area contributed by atoms with Gasteiger partial charge in [-0.2, -0.15) is 4.31 Å². The number of hydrogen-bond donors (Lipinski definition) is 3. The normalized spacial score (nSPS) is 16.0. The first-order chi connectivity index (χ1) is 16.5. The average molecular weight is 503 g/mol. The van der Waals surface area contributed by atoms with E-state index < -0.39 is 16.1 Å². The highest BCUT2D eigenvalue weighted by Crippen LogP contribution is 2.23. The summed E-state index contributed by atoms with van der Waals surface area (Å²) in [6.45, 7) is 2.85. The summed E-state index contributed by atoms with van der Waals surface area (Å²) in [6, 6.07) is 12.8. The van der Waals surface area contributed by atoms with Gasteiger partial charge in [0.1, 0.15) is 11.9 Å². The van der Waals surface area contributed by atoms with Crippen molar-refractivity contribution in [1.82, 2.24) is 9.21 Å². The van der Waals surface area contributed by atoms with E-state index in [1.165, 1.54) is 35.3 Å². The van der Waals surface area contributed by atoms with Crippen molar-refractivity contribution in [2.75, 3.05) is 50.5 Å². The number of nitrogens with one attached hydrogen (secondary N) is 2. The fourth-order valence-corrected chi connectivity index (χ4v) is 4.77. The van der Waals surface area contributed by atoms with E-state index in [1.54, 1.807) is 36.4 Å². The maximum atomic E-state index is 12.9. The largest absolute Gasteiger partial charge is 0.443 e. The number of rotatable bonds is 10. The van der Waals surface area contributed by atoms with Crippen molar-refractivity contribution < 1.29 is 22.7 Å². The van der Waals surface area contributed by atoms with Crippen LogP contribution in [-0.4, -0.2) is 81.8 Å². The fraction of sp³-hybridized carbons (Fsp3) is 0.348. The molecule has 2 aromatic carbocycles. The zero-order valence-corrected chi connectivity index (χ0v) is 20.7. The van der Waals surface area contributed by atoms with Gasteiger partial charge in [-0.3, -0.25) is 15.1 Å². The number of anilines is 2. The SMILES string of the molecule is CC(=O)Nc1ccc(S(=O)(=O)N(C)CCN(C)CC2CN(c3ccc(C(=N)N)cc3)C(=O)O2)cc1. The minimum absolute atomic E-state index is 0.0472. The second kappa shape index (κ2) is 10.8. The predicted octanol–water partition coefficient (Wildman–Crippen LogP) is 1.51. The third-order valence-corrected chi connectivity index (χ3v) is 7.43. The maximum absolute atomic E-state index is 12.9. The molecule has 188 valence electrons. The highest BCUT2D eigenvalue weighted by molar-refractivity contribution is 7.89. The quantitative estimate of drug-likeness (QED) is 0.329. The maximum Gasteiger partial charge on any atom is 0.414 e. The number of amides is 2. The molecule has 1 heterocycles. The number of likely N-dealkylation sites (N-methyl/N-ethyl adjacent to an activating group) is 2. The molecule has 2 aromatic rings. The first-order valence-corrected chi connectivity index (χ1v) is 12.4. The third-order valence-electron chi connectivity index (χ3n) is 5.56. The van der Waals surface area contributed by atoms with Crippen molar-refractivity contribution in [1.29, 1.82) is 5.41 Å². The molecule has 1 atom stereocenters. The van der Waals surface area contributed by atoms with Crippen molar-refractivity contribution in [2.24, 2.45) is 5.73 Å². The van der Waals surface area contributed by atoms with Gasteiger partial charge in [-0.1, -0.05) is 0 Å². The Kier molecular flexibility index (Phi) is 8.10. The summed E-state index contributed by atoms with van der Waals surface area (Å²) in [6.07, 6.45) is -0.829. The van der Waals surface area contributed by atoms with Crippen LogP contribution in [0.3, 0.4) is 0 Å². The molecule has 0 radical (unpaired) electrons. The summed E-state index contributed by atoms with van der Waals surface area (Å²) < 4.78 is 32.4. The Morgan fingerprint density at radius 1 is 1.14 bits per heavy atom. The molecule has 0 aliphatic carbocycles. The molecule has 35 heavy (non-hydrogen) atoms. The Bertz CT molecular complexity index is 1180. The number of cyclic esters (lactones) is 1. The second-order valence-corrected chi connectivity index (χ2v) is 10.4. The average Bonchev–Trinajstić information content (AvgIpc) is 3.17. The van der Waals surface area contributed by atoms with Gasteiger partial charge in [-0.05, 0) is 55.6 Å². The molecule has 0 saturated carbocycles. The lowest BCUT2D eigenvalue weighted by atomic mass is 10.2. The highest BCUT2D eigenvalue weighted by atomic mass is 32.2. The number of carbonyl (C=O) groups is 2. The molecule has 0 aromatic heterocycles. The molecule has 1 aliphatic heterocycles. The number of nitrogens with two attached hydrogens (primary N) is 1. The Morgan fingerprint density at radius 3 is 2.34 bits per heavy atom. The zero-order valence-electron chi connectivity index (χ0n) is 19.9. The summed E-state index contributed by atoms with van der Waals surface area (Å²) in [5.74, 6) is -0.281. The van der Waals surface area contributed by atoms with Crippen LogP contribution < -0.4 is 16.0 Å². The molecule has 11 nitrogen and oxygen atoms in total. The molecule has 12 heteroatoms. The van der Waals surface area contributed by atoms with E-state index in [1.807, 2.05) is 11.9 Å². The topological polar surface area (TPSA) is 149 Å². The van der Waals surface area contributed by atoms with Gasteiger partial charge in [-0.25, -0.2) is 13.2 Å². The number of sulfonamides is 1. The number of nitrogen functional groups attached to an aromatic ring is 1. The number of carbonyl (C=O) groups excluding carboxylic acids is 2. The molecular formula is C23H30N6O5S. The monoisotopic (exact) mass is 502 g/mol. The van der Waals surface area contributed by atoms with Crippen LogP contribution in [0.5, 0.6) is 0 Å². The van der Waals surface area contributed by atoms with Gasteiger partial charge in [-0.15, -0.1) is 0 Å². The lowest BCUT2D eigenvalue weighted by Gasteiger charge is -2.23. The van der Waals surface area contributed by atoms with Gasteiger partial charge >= 0.3 is 6.09 Å². The molecule has 1 saturated heterocycles. The van der Waals surface area contributed by atoms with Gasteiger partial charge < -0.3 is 20.7 Å². The van der Waals surface area contributed by atoms with E-state index in [4.69, 9.17) is 15.9 Å². The van der Waals surface area contributed by atoms with Crippen LogP contribution in [0.15, 0.2) is 53.4 Å². The van der Waals surface area contributed by atoms with Gasteiger partial charge in [0.15, 0.2) is 0 Å². The van der Waals surface area contributed by atoms with Gasteiger partial charge in [0.2, 0.25) is 15.9 Å². The predicted molar refractivity (Wildman–Crippen MR) is 133 cm³/mol. The lowest BCUT2D eigenvalue weighted by molar-refractivity contribution is -0.114. The first kappa shape index (κ1) is 26.1. The fourth-order valence-electron chi connectivity index (χ4n) is 3.61. The molecule has 1 unspecified atom stereocenters. The minimum atomic E-state index is -3.69. The Balaban J connectivity index is 1.52. The van der Waals surface area contributed by atoms with Crippen molar-refractivity contribution in [3.63, 3.8) is 0 Å². The van der Waals surface area contributed by atoms with Crippen LogP contribution in [0, 0.1) is 5.41 Å². The van der Waals surface area contributed by atoms with Crippen LogP contribution in [0.4, 0.5) is 16.2 Å². The lowest BCUT2D eigenvalue weighted by Crippen LogP contribution is -2.38. The first-order valence-electron chi connectivity index (χ1n) is 10.9. The summed E-state index contributed by atoms with van der Waals surface area (Å²) in [4.78, 5) is 27.0. The second-order valence-electron chi connectivity index (χ2n) is 8.37. The standard InChI is InChI=1S/C23H30N6O5S/c1-16(30)26-18-6-10-21(11-7-18)35(32,33)28(3)13-12-27(2)14-20-15-29(23(31)34-20)19-8-4-17(5-9-19)22(24)25/h4-11,20H,12-15H2,1-3H3,(H3,24,25)(H,26,30). The Hall–Kier alpha value is -3.48. The number of hydrogen-bond acceptors (Lipinski definition) is 7. The molecule has 0 bridgehead atoms. The van der Waals surface area contributed by atoms with Crippen LogP contribution in [0.1, 0.15) is 12.5 Å². The number of nitrogens with zero attached hydrogens (tertiary/aromatic N) is 3. The summed E-state index contributed by atoms with van der Waals surface area (Å²) in [7, 11) is -0.353. The van der Waals surface area contributed by atoms with Crippen molar-refractivity contribution in [3.05, 3.63) is 54.1 Å². The van der Waals surface area contributed by atoms with Crippen LogP contribution in [0.25, 0.3) is 0 Å².